The van der Waals surface area contributed by atoms with Gasteiger partial charge in [0.05, 0.1) is 5.69 Å². The Bertz CT molecular complexity index is 603. The van der Waals surface area contributed by atoms with Gasteiger partial charge in [-0.05, 0) is 65.2 Å². The number of carbonyl (C=O) groups excluding carboxylic acids is 1. The van der Waals surface area contributed by atoms with Crippen LogP contribution in [0, 0.1) is 17.8 Å². The molecule has 21 heavy (non-hydrogen) atoms. The van der Waals surface area contributed by atoms with E-state index in [9.17, 15) is 4.79 Å². The highest BCUT2D eigenvalue weighted by atomic mass is 79.9. The van der Waals surface area contributed by atoms with Gasteiger partial charge in [-0.1, -0.05) is 11.6 Å². The maximum Gasteiger partial charge on any atom is 0.227 e. The molecule has 2 bridgehead atoms. The number of amidine groups is 1. The average Bonchev–Trinajstić information content (AvgIpc) is 3.11. The molecule has 1 amide bonds. The number of rotatable bonds is 3. The van der Waals surface area contributed by atoms with Crippen molar-refractivity contribution in [2.24, 2.45) is 28.6 Å². The third kappa shape index (κ3) is 2.77. The summed E-state index contributed by atoms with van der Waals surface area (Å²) in [7, 11) is 0. The summed E-state index contributed by atoms with van der Waals surface area (Å²) in [5.74, 6) is 1.61. The first-order valence-corrected chi connectivity index (χ1v) is 7.96. The molecule has 2 fully saturated rings. The van der Waals surface area contributed by atoms with Gasteiger partial charge >= 0.3 is 0 Å². The Labute approximate surface area is 131 Å². The van der Waals surface area contributed by atoms with E-state index in [1.54, 1.807) is 18.2 Å². The van der Waals surface area contributed by atoms with Crippen molar-refractivity contribution in [2.45, 2.75) is 25.7 Å². The number of oxime groups is 1. The standard InChI is InChI=1S/C15H18BrN3O2/c16-12-7-10(14(17)19-21)3-4-13(12)18-15(20)11-6-8-1-2-9(11)5-8/h3-4,7-9,11,21H,1-2,5-6H2,(H2,17,19)(H,18,20). The molecule has 1 aromatic carbocycles. The Morgan fingerprint density at radius 1 is 1.38 bits per heavy atom. The van der Waals surface area contributed by atoms with Gasteiger partial charge in [-0.3, -0.25) is 4.79 Å². The molecule has 3 atom stereocenters. The van der Waals surface area contributed by atoms with Gasteiger partial charge in [0.2, 0.25) is 5.91 Å². The molecule has 4 N–H and O–H groups in total. The molecule has 6 heteroatoms. The number of carbonyl (C=O) groups is 1. The van der Waals surface area contributed by atoms with Gasteiger partial charge in [0.15, 0.2) is 5.84 Å². The molecule has 0 spiro atoms. The molecule has 0 heterocycles. The Kier molecular flexibility index (Phi) is 3.89. The summed E-state index contributed by atoms with van der Waals surface area (Å²) in [6.07, 6.45) is 4.71. The highest BCUT2D eigenvalue weighted by molar-refractivity contribution is 9.10. The minimum absolute atomic E-state index is 0.0432. The van der Waals surface area contributed by atoms with Crippen molar-refractivity contribution < 1.29 is 10.0 Å². The summed E-state index contributed by atoms with van der Waals surface area (Å²) in [5.41, 5.74) is 6.87. The number of hydrogen-bond donors (Lipinski definition) is 3. The van der Waals surface area contributed by atoms with Gasteiger partial charge < -0.3 is 16.3 Å². The SMILES string of the molecule is N/C(=N/O)c1ccc(NC(=O)C2CC3CCC2C3)c(Br)c1. The summed E-state index contributed by atoms with van der Waals surface area (Å²) < 4.78 is 0.725. The Hall–Kier alpha value is -1.56. The molecule has 1 aromatic rings. The lowest BCUT2D eigenvalue weighted by Gasteiger charge is -2.21. The lowest BCUT2D eigenvalue weighted by Crippen LogP contribution is -2.27. The zero-order valence-electron chi connectivity index (χ0n) is 11.6. The smallest absolute Gasteiger partial charge is 0.227 e. The van der Waals surface area contributed by atoms with Crippen LogP contribution >= 0.6 is 15.9 Å². The van der Waals surface area contributed by atoms with Gasteiger partial charge in [0.1, 0.15) is 0 Å². The Morgan fingerprint density at radius 2 is 2.19 bits per heavy atom. The summed E-state index contributed by atoms with van der Waals surface area (Å²) in [5, 5.41) is 14.6. The van der Waals surface area contributed by atoms with Crippen molar-refractivity contribution in [1.29, 1.82) is 0 Å². The van der Waals surface area contributed by atoms with E-state index in [0.29, 0.717) is 11.5 Å². The molecule has 2 saturated carbocycles. The van der Waals surface area contributed by atoms with E-state index in [-0.39, 0.29) is 17.7 Å². The molecule has 3 unspecified atom stereocenters. The van der Waals surface area contributed by atoms with E-state index in [4.69, 9.17) is 10.9 Å². The second-order valence-electron chi connectivity index (χ2n) is 5.95. The molecular formula is C15H18BrN3O2. The van der Waals surface area contributed by atoms with E-state index >= 15 is 0 Å². The topological polar surface area (TPSA) is 87.7 Å². The fourth-order valence-electron chi connectivity index (χ4n) is 3.62. The minimum Gasteiger partial charge on any atom is -0.409 e. The molecule has 0 aliphatic heterocycles. The molecular weight excluding hydrogens is 334 g/mol. The monoisotopic (exact) mass is 351 g/mol. The van der Waals surface area contributed by atoms with Crippen LogP contribution in [0.15, 0.2) is 27.8 Å². The number of anilines is 1. The quantitative estimate of drug-likeness (QED) is 0.338. The maximum absolute atomic E-state index is 12.4. The number of amides is 1. The predicted molar refractivity (Wildman–Crippen MR) is 84.2 cm³/mol. The number of nitrogens with zero attached hydrogens (tertiary/aromatic N) is 1. The molecule has 112 valence electrons. The van der Waals surface area contributed by atoms with Crippen LogP contribution in [0.2, 0.25) is 0 Å². The zero-order valence-corrected chi connectivity index (χ0v) is 13.1. The van der Waals surface area contributed by atoms with Crippen molar-refractivity contribution in [1.82, 2.24) is 0 Å². The van der Waals surface area contributed by atoms with Crippen LogP contribution in [0.4, 0.5) is 5.69 Å². The first kappa shape index (κ1) is 14.4. The van der Waals surface area contributed by atoms with Crippen LogP contribution in [0.1, 0.15) is 31.2 Å². The van der Waals surface area contributed by atoms with Gasteiger partial charge in [-0.15, -0.1) is 0 Å². The van der Waals surface area contributed by atoms with Crippen molar-refractivity contribution in [3.63, 3.8) is 0 Å². The van der Waals surface area contributed by atoms with Crippen LogP contribution in [-0.2, 0) is 4.79 Å². The first-order valence-electron chi connectivity index (χ1n) is 7.16. The van der Waals surface area contributed by atoms with Crippen molar-refractivity contribution in [2.75, 3.05) is 5.32 Å². The number of nitrogens with one attached hydrogen (secondary N) is 1. The first-order chi connectivity index (χ1) is 10.1. The molecule has 0 saturated heterocycles. The Morgan fingerprint density at radius 3 is 2.76 bits per heavy atom. The molecule has 5 nitrogen and oxygen atoms in total. The van der Waals surface area contributed by atoms with Crippen LogP contribution in [0.3, 0.4) is 0 Å². The summed E-state index contributed by atoms with van der Waals surface area (Å²) in [6, 6.07) is 5.21. The van der Waals surface area contributed by atoms with Gasteiger partial charge in [0.25, 0.3) is 0 Å². The van der Waals surface area contributed by atoms with Crippen molar-refractivity contribution >= 4 is 33.4 Å². The predicted octanol–water partition coefficient (Wildman–Crippen LogP) is 2.92. The lowest BCUT2D eigenvalue weighted by molar-refractivity contribution is -0.121. The summed E-state index contributed by atoms with van der Waals surface area (Å²) in [6.45, 7) is 0. The van der Waals surface area contributed by atoms with Crippen LogP contribution < -0.4 is 11.1 Å². The minimum atomic E-state index is 0.0432. The van der Waals surface area contributed by atoms with Gasteiger partial charge in [0, 0.05) is 16.0 Å². The fraction of sp³-hybridized carbons (Fsp3) is 0.467. The summed E-state index contributed by atoms with van der Waals surface area (Å²) >= 11 is 3.42. The van der Waals surface area contributed by atoms with E-state index in [1.165, 1.54) is 19.3 Å². The average molecular weight is 352 g/mol. The van der Waals surface area contributed by atoms with Gasteiger partial charge in [-0.2, -0.15) is 0 Å². The highest BCUT2D eigenvalue weighted by Gasteiger charge is 2.43. The lowest BCUT2D eigenvalue weighted by atomic mass is 9.88. The van der Waals surface area contributed by atoms with Gasteiger partial charge in [-0.25, -0.2) is 0 Å². The molecule has 2 aliphatic rings. The van der Waals surface area contributed by atoms with Crippen LogP contribution in [0.25, 0.3) is 0 Å². The second-order valence-corrected chi connectivity index (χ2v) is 6.80. The third-order valence-electron chi connectivity index (χ3n) is 4.71. The fourth-order valence-corrected chi connectivity index (χ4v) is 4.10. The number of hydrogen-bond acceptors (Lipinski definition) is 3. The summed E-state index contributed by atoms with van der Waals surface area (Å²) in [4.78, 5) is 12.4. The number of nitrogens with two attached hydrogens (primary N) is 1. The zero-order chi connectivity index (χ0) is 15.0. The largest absolute Gasteiger partial charge is 0.409 e. The van der Waals surface area contributed by atoms with E-state index in [0.717, 1.165) is 22.5 Å². The highest BCUT2D eigenvalue weighted by Crippen LogP contribution is 2.48. The molecule has 0 radical (unpaired) electrons. The van der Waals surface area contributed by atoms with E-state index < -0.39 is 0 Å². The normalized spacial score (nSPS) is 27.9. The van der Waals surface area contributed by atoms with E-state index in [1.807, 2.05) is 0 Å². The van der Waals surface area contributed by atoms with E-state index in [2.05, 4.69) is 26.4 Å². The Balaban J connectivity index is 1.71. The number of halogens is 1. The second kappa shape index (κ2) is 5.67. The molecule has 0 aromatic heterocycles. The van der Waals surface area contributed by atoms with Crippen molar-refractivity contribution in [3.8, 4) is 0 Å². The van der Waals surface area contributed by atoms with Crippen LogP contribution in [-0.4, -0.2) is 17.0 Å². The van der Waals surface area contributed by atoms with Crippen LogP contribution in [0.5, 0.6) is 0 Å². The third-order valence-corrected chi connectivity index (χ3v) is 5.36. The number of fused-ring (bicyclic) bond motifs is 2. The number of benzene rings is 1. The van der Waals surface area contributed by atoms with Crippen molar-refractivity contribution in [3.05, 3.63) is 28.2 Å². The molecule has 3 rings (SSSR count). The maximum atomic E-state index is 12.4. The molecule has 2 aliphatic carbocycles.